The first-order valence-corrected chi connectivity index (χ1v) is 7.46. The molecule has 0 atom stereocenters. The maximum atomic E-state index is 14.3. The number of anilines is 2. The van der Waals surface area contributed by atoms with Crippen molar-refractivity contribution < 1.29 is 8.78 Å². The molecule has 0 radical (unpaired) electrons. The van der Waals surface area contributed by atoms with Gasteiger partial charge in [-0.15, -0.1) is 0 Å². The van der Waals surface area contributed by atoms with E-state index in [1.807, 2.05) is 37.7 Å². The van der Waals surface area contributed by atoms with Crippen LogP contribution in [0.15, 0.2) is 41.4 Å². The van der Waals surface area contributed by atoms with Crippen LogP contribution in [0.3, 0.4) is 0 Å². The van der Waals surface area contributed by atoms with E-state index in [1.54, 1.807) is 24.5 Å². The smallest absolute Gasteiger partial charge is 0.150 e. The zero-order valence-electron chi connectivity index (χ0n) is 13.8. The van der Waals surface area contributed by atoms with Crippen LogP contribution in [-0.4, -0.2) is 31.9 Å². The lowest BCUT2D eigenvalue weighted by atomic mass is 10.1. The van der Waals surface area contributed by atoms with Crippen LogP contribution in [0.5, 0.6) is 0 Å². The van der Waals surface area contributed by atoms with Gasteiger partial charge in [0.15, 0.2) is 5.82 Å². The number of nitrogens with zero attached hydrogens (tertiary/aromatic N) is 3. The van der Waals surface area contributed by atoms with Crippen LogP contribution in [-0.2, 0) is 0 Å². The van der Waals surface area contributed by atoms with Crippen molar-refractivity contribution in [3.8, 4) is 0 Å². The van der Waals surface area contributed by atoms with E-state index >= 15 is 0 Å². The predicted molar refractivity (Wildman–Crippen MR) is 92.1 cm³/mol. The summed E-state index contributed by atoms with van der Waals surface area (Å²) < 4.78 is 27.3. The molecule has 0 saturated carbocycles. The third-order valence-corrected chi connectivity index (χ3v) is 3.73. The maximum absolute atomic E-state index is 14.3. The average molecular weight is 317 g/mol. The van der Waals surface area contributed by atoms with Crippen molar-refractivity contribution in [3.05, 3.63) is 53.6 Å². The van der Waals surface area contributed by atoms with Crippen molar-refractivity contribution in [2.45, 2.75) is 13.8 Å². The van der Waals surface area contributed by atoms with Crippen molar-refractivity contribution in [2.24, 2.45) is 4.99 Å². The minimum atomic E-state index is -0.389. The van der Waals surface area contributed by atoms with Gasteiger partial charge in [-0.05, 0) is 49.7 Å². The molecule has 0 unspecified atom stereocenters. The van der Waals surface area contributed by atoms with Gasteiger partial charge < -0.3 is 9.80 Å². The molecule has 3 nitrogen and oxygen atoms in total. The molecule has 2 rings (SSSR count). The Balaban J connectivity index is 2.32. The summed E-state index contributed by atoms with van der Waals surface area (Å²) in [6.07, 6.45) is 1.61. The van der Waals surface area contributed by atoms with Crippen LogP contribution in [0.1, 0.15) is 12.5 Å². The Labute approximate surface area is 135 Å². The molecule has 0 bridgehead atoms. The summed E-state index contributed by atoms with van der Waals surface area (Å²) >= 11 is 0. The molecule has 122 valence electrons. The lowest BCUT2D eigenvalue weighted by molar-refractivity contribution is 0.551. The van der Waals surface area contributed by atoms with Crippen molar-refractivity contribution in [2.75, 3.05) is 25.5 Å². The highest BCUT2D eigenvalue weighted by molar-refractivity contribution is 5.70. The van der Waals surface area contributed by atoms with E-state index < -0.39 is 0 Å². The molecule has 0 aromatic heterocycles. The maximum Gasteiger partial charge on any atom is 0.150 e. The van der Waals surface area contributed by atoms with Crippen LogP contribution in [0.2, 0.25) is 0 Å². The second kappa shape index (κ2) is 7.22. The van der Waals surface area contributed by atoms with E-state index in [2.05, 4.69) is 4.99 Å². The third kappa shape index (κ3) is 4.06. The Morgan fingerprint density at radius 2 is 1.74 bits per heavy atom. The van der Waals surface area contributed by atoms with Gasteiger partial charge in [-0.1, -0.05) is 0 Å². The minimum absolute atomic E-state index is 0.296. The molecule has 0 heterocycles. The summed E-state index contributed by atoms with van der Waals surface area (Å²) in [5.41, 5.74) is 2.70. The SMILES string of the molecule is CCN(C)/C=N/c1cc(C)c(N(C)c2ccc(F)cc2)cc1F. The zero-order chi connectivity index (χ0) is 17.0. The van der Waals surface area contributed by atoms with Gasteiger partial charge in [0.25, 0.3) is 0 Å². The van der Waals surface area contributed by atoms with Gasteiger partial charge in [-0.2, -0.15) is 0 Å². The van der Waals surface area contributed by atoms with Crippen LogP contribution in [0, 0.1) is 18.6 Å². The number of benzene rings is 2. The van der Waals surface area contributed by atoms with Crippen molar-refractivity contribution in [1.82, 2.24) is 4.90 Å². The van der Waals surface area contributed by atoms with E-state index in [9.17, 15) is 8.78 Å². The molecule has 0 aliphatic heterocycles. The Bertz CT molecular complexity index is 696. The fourth-order valence-electron chi connectivity index (χ4n) is 2.16. The number of halogens is 2. The van der Waals surface area contributed by atoms with Gasteiger partial charge in [0.2, 0.25) is 0 Å². The van der Waals surface area contributed by atoms with Crippen molar-refractivity contribution >= 4 is 23.4 Å². The summed E-state index contributed by atoms with van der Waals surface area (Å²) in [6, 6.07) is 9.26. The molecule has 2 aromatic rings. The van der Waals surface area contributed by atoms with Gasteiger partial charge in [0, 0.05) is 38.1 Å². The van der Waals surface area contributed by atoms with Crippen LogP contribution >= 0.6 is 0 Å². The lowest BCUT2D eigenvalue weighted by Crippen LogP contribution is -2.14. The lowest BCUT2D eigenvalue weighted by Gasteiger charge is -2.22. The van der Waals surface area contributed by atoms with Gasteiger partial charge in [-0.3, -0.25) is 0 Å². The standard InChI is InChI=1S/C18H21F2N3/c1-5-22(3)12-21-17-10-13(2)18(11-16(17)20)23(4)15-8-6-14(19)7-9-15/h6-12H,5H2,1-4H3/b21-12+. The topological polar surface area (TPSA) is 18.8 Å². The number of hydrogen-bond acceptors (Lipinski definition) is 2. The number of aryl methyl sites for hydroxylation is 1. The van der Waals surface area contributed by atoms with Gasteiger partial charge >= 0.3 is 0 Å². The van der Waals surface area contributed by atoms with E-state index in [-0.39, 0.29) is 11.6 Å². The first kappa shape index (κ1) is 16.9. The molecule has 2 aromatic carbocycles. The Kier molecular flexibility index (Phi) is 5.32. The molecular weight excluding hydrogens is 296 g/mol. The molecule has 23 heavy (non-hydrogen) atoms. The summed E-state index contributed by atoms with van der Waals surface area (Å²) in [5, 5.41) is 0. The Morgan fingerprint density at radius 3 is 2.35 bits per heavy atom. The molecule has 0 aliphatic rings. The summed E-state index contributed by atoms with van der Waals surface area (Å²) in [4.78, 5) is 7.87. The van der Waals surface area contributed by atoms with E-state index in [1.165, 1.54) is 18.2 Å². The number of rotatable bonds is 5. The van der Waals surface area contributed by atoms with Gasteiger partial charge in [0.05, 0.1) is 6.34 Å². The summed E-state index contributed by atoms with van der Waals surface area (Å²) in [5.74, 6) is -0.685. The third-order valence-electron chi connectivity index (χ3n) is 3.73. The fourth-order valence-corrected chi connectivity index (χ4v) is 2.16. The largest absolute Gasteiger partial charge is 0.366 e. The summed E-state index contributed by atoms with van der Waals surface area (Å²) in [6.45, 7) is 4.70. The molecule has 0 amide bonds. The molecule has 0 spiro atoms. The van der Waals surface area contributed by atoms with Crippen molar-refractivity contribution in [3.63, 3.8) is 0 Å². The number of hydrogen-bond donors (Lipinski definition) is 0. The Morgan fingerprint density at radius 1 is 1.09 bits per heavy atom. The fraction of sp³-hybridized carbons (Fsp3) is 0.278. The normalized spacial score (nSPS) is 11.0. The van der Waals surface area contributed by atoms with Gasteiger partial charge in [0.1, 0.15) is 11.5 Å². The predicted octanol–water partition coefficient (Wildman–Crippen LogP) is 4.65. The van der Waals surface area contributed by atoms with E-state index in [0.29, 0.717) is 5.69 Å². The summed E-state index contributed by atoms with van der Waals surface area (Å²) in [7, 11) is 3.70. The second-order valence-corrected chi connectivity index (χ2v) is 5.44. The molecular formula is C18H21F2N3. The van der Waals surface area contributed by atoms with Crippen LogP contribution < -0.4 is 4.90 Å². The first-order valence-electron chi connectivity index (χ1n) is 7.46. The van der Waals surface area contributed by atoms with Gasteiger partial charge in [-0.25, -0.2) is 13.8 Å². The van der Waals surface area contributed by atoms with Crippen LogP contribution in [0.25, 0.3) is 0 Å². The average Bonchev–Trinajstić information content (AvgIpc) is 2.55. The Hall–Kier alpha value is -2.43. The minimum Gasteiger partial charge on any atom is -0.366 e. The highest BCUT2D eigenvalue weighted by atomic mass is 19.1. The molecule has 0 fully saturated rings. The van der Waals surface area contributed by atoms with Crippen molar-refractivity contribution in [1.29, 1.82) is 0 Å². The molecule has 5 heteroatoms. The van der Waals surface area contributed by atoms with Crippen LogP contribution in [0.4, 0.5) is 25.8 Å². The quantitative estimate of drug-likeness (QED) is 0.590. The molecule has 0 aliphatic carbocycles. The highest BCUT2D eigenvalue weighted by Crippen LogP contribution is 2.31. The first-order chi connectivity index (χ1) is 10.9. The monoisotopic (exact) mass is 317 g/mol. The van der Waals surface area contributed by atoms with E-state index in [4.69, 9.17) is 0 Å². The highest BCUT2D eigenvalue weighted by Gasteiger charge is 2.12. The molecule has 0 saturated heterocycles. The van der Waals surface area contributed by atoms with E-state index in [0.717, 1.165) is 23.5 Å². The number of aliphatic imine (C=N–C) groups is 1. The molecule has 0 N–H and O–H groups in total. The zero-order valence-corrected chi connectivity index (χ0v) is 13.8. The second-order valence-electron chi connectivity index (χ2n) is 5.44.